The van der Waals surface area contributed by atoms with E-state index in [9.17, 15) is 18.3 Å². The molecule has 1 atom stereocenters. The SMILES string of the molecule is Cc1ccsc1CNCC(O)c1cccc(C(F)(F)F)c1. The molecule has 1 heterocycles. The van der Waals surface area contributed by atoms with E-state index >= 15 is 0 Å². The molecule has 0 radical (unpaired) electrons. The fourth-order valence-electron chi connectivity index (χ4n) is 1.95. The monoisotopic (exact) mass is 315 g/mol. The molecule has 0 fully saturated rings. The molecule has 1 unspecified atom stereocenters. The third-order valence-electron chi connectivity index (χ3n) is 3.19. The van der Waals surface area contributed by atoms with Gasteiger partial charge in [0, 0.05) is 18.0 Å². The average molecular weight is 315 g/mol. The first-order valence-corrected chi connectivity index (χ1v) is 7.35. The van der Waals surface area contributed by atoms with Crippen molar-refractivity contribution in [3.8, 4) is 0 Å². The Morgan fingerprint density at radius 2 is 2.05 bits per heavy atom. The molecule has 114 valence electrons. The van der Waals surface area contributed by atoms with E-state index < -0.39 is 17.8 Å². The summed E-state index contributed by atoms with van der Waals surface area (Å²) in [4.78, 5) is 1.16. The van der Waals surface area contributed by atoms with Gasteiger partial charge in [-0.1, -0.05) is 12.1 Å². The molecule has 6 heteroatoms. The highest BCUT2D eigenvalue weighted by atomic mass is 32.1. The number of aliphatic hydroxyl groups excluding tert-OH is 1. The summed E-state index contributed by atoms with van der Waals surface area (Å²) in [6, 6.07) is 6.80. The predicted molar refractivity (Wildman–Crippen MR) is 77.2 cm³/mol. The average Bonchev–Trinajstić information content (AvgIpc) is 2.83. The highest BCUT2D eigenvalue weighted by Gasteiger charge is 2.30. The largest absolute Gasteiger partial charge is 0.416 e. The molecule has 0 aliphatic heterocycles. The molecule has 21 heavy (non-hydrogen) atoms. The van der Waals surface area contributed by atoms with Crippen LogP contribution in [-0.2, 0) is 12.7 Å². The van der Waals surface area contributed by atoms with E-state index in [4.69, 9.17) is 0 Å². The van der Waals surface area contributed by atoms with Gasteiger partial charge in [-0.15, -0.1) is 11.3 Å². The molecule has 0 saturated carbocycles. The quantitative estimate of drug-likeness (QED) is 0.877. The minimum absolute atomic E-state index is 0.207. The van der Waals surface area contributed by atoms with Crippen molar-refractivity contribution >= 4 is 11.3 Å². The van der Waals surface area contributed by atoms with Crippen LogP contribution in [-0.4, -0.2) is 11.7 Å². The first-order valence-electron chi connectivity index (χ1n) is 6.47. The summed E-state index contributed by atoms with van der Waals surface area (Å²) in [6.07, 6.45) is -5.36. The molecule has 2 aromatic rings. The fourth-order valence-corrected chi connectivity index (χ4v) is 2.82. The van der Waals surface area contributed by atoms with E-state index in [0.29, 0.717) is 6.54 Å². The number of thiophene rings is 1. The maximum atomic E-state index is 12.6. The van der Waals surface area contributed by atoms with Crippen LogP contribution in [0.2, 0.25) is 0 Å². The summed E-state index contributed by atoms with van der Waals surface area (Å²) in [5.74, 6) is 0. The van der Waals surface area contributed by atoms with Crippen molar-refractivity contribution in [1.82, 2.24) is 5.32 Å². The van der Waals surface area contributed by atoms with E-state index in [0.717, 1.165) is 17.0 Å². The fraction of sp³-hybridized carbons (Fsp3) is 0.333. The minimum Gasteiger partial charge on any atom is -0.387 e. The summed E-state index contributed by atoms with van der Waals surface area (Å²) in [5, 5.41) is 15.0. The standard InChI is InChI=1S/C15H16F3NOS/c1-10-5-6-21-14(10)9-19-8-13(20)11-3-2-4-12(7-11)15(16,17)18/h2-7,13,19-20H,8-9H2,1H3. The minimum atomic E-state index is -4.39. The molecule has 2 N–H and O–H groups in total. The maximum Gasteiger partial charge on any atom is 0.416 e. The summed E-state index contributed by atoms with van der Waals surface area (Å²) >= 11 is 1.61. The number of alkyl halides is 3. The zero-order valence-electron chi connectivity index (χ0n) is 11.4. The lowest BCUT2D eigenvalue weighted by Crippen LogP contribution is -2.21. The Balaban J connectivity index is 1.94. The van der Waals surface area contributed by atoms with E-state index in [-0.39, 0.29) is 12.1 Å². The second kappa shape index (κ2) is 6.60. The molecule has 1 aromatic heterocycles. The molecule has 0 aliphatic carbocycles. The molecule has 2 nitrogen and oxygen atoms in total. The Hall–Kier alpha value is -1.37. The van der Waals surface area contributed by atoms with E-state index in [1.807, 2.05) is 18.4 Å². The van der Waals surface area contributed by atoms with Crippen molar-refractivity contribution in [3.63, 3.8) is 0 Å². The summed E-state index contributed by atoms with van der Waals surface area (Å²) in [6.45, 7) is 2.80. The highest BCUT2D eigenvalue weighted by Crippen LogP contribution is 2.30. The zero-order valence-corrected chi connectivity index (χ0v) is 12.3. The molecular formula is C15H16F3NOS. The van der Waals surface area contributed by atoms with E-state index in [2.05, 4.69) is 5.32 Å². The van der Waals surface area contributed by atoms with Crippen LogP contribution < -0.4 is 5.32 Å². The van der Waals surface area contributed by atoms with Crippen LogP contribution in [0.5, 0.6) is 0 Å². The normalized spacial score (nSPS) is 13.4. The van der Waals surface area contributed by atoms with Crippen molar-refractivity contribution in [1.29, 1.82) is 0 Å². The topological polar surface area (TPSA) is 32.3 Å². The van der Waals surface area contributed by atoms with Crippen molar-refractivity contribution in [2.45, 2.75) is 25.7 Å². The van der Waals surface area contributed by atoms with Crippen LogP contribution >= 0.6 is 11.3 Å². The zero-order chi connectivity index (χ0) is 15.5. The van der Waals surface area contributed by atoms with Crippen LogP contribution in [0, 0.1) is 6.92 Å². The second-order valence-corrected chi connectivity index (χ2v) is 5.80. The van der Waals surface area contributed by atoms with Crippen LogP contribution in [0.15, 0.2) is 35.7 Å². The highest BCUT2D eigenvalue weighted by molar-refractivity contribution is 7.10. The first-order chi connectivity index (χ1) is 9.88. The van der Waals surface area contributed by atoms with Crippen LogP contribution in [0.3, 0.4) is 0 Å². The molecular weight excluding hydrogens is 299 g/mol. The van der Waals surface area contributed by atoms with Crippen molar-refractivity contribution in [2.24, 2.45) is 0 Å². The van der Waals surface area contributed by atoms with Crippen molar-refractivity contribution in [3.05, 3.63) is 57.3 Å². The van der Waals surface area contributed by atoms with Gasteiger partial charge in [0.2, 0.25) is 0 Å². The van der Waals surface area contributed by atoms with Crippen LogP contribution in [0.4, 0.5) is 13.2 Å². The van der Waals surface area contributed by atoms with Crippen molar-refractivity contribution < 1.29 is 18.3 Å². The first kappa shape index (κ1) is 16.0. The molecule has 0 amide bonds. The lowest BCUT2D eigenvalue weighted by atomic mass is 10.1. The van der Waals surface area contributed by atoms with E-state index in [1.54, 1.807) is 11.3 Å². The lowest BCUT2D eigenvalue weighted by molar-refractivity contribution is -0.137. The van der Waals surface area contributed by atoms with Crippen LogP contribution in [0.1, 0.15) is 27.7 Å². The van der Waals surface area contributed by atoms with Gasteiger partial charge < -0.3 is 10.4 Å². The number of nitrogens with one attached hydrogen (secondary N) is 1. The summed E-state index contributed by atoms with van der Waals surface area (Å²) in [7, 11) is 0. The Kier molecular flexibility index (Phi) is 5.03. The summed E-state index contributed by atoms with van der Waals surface area (Å²) < 4.78 is 37.9. The predicted octanol–water partition coefficient (Wildman–Crippen LogP) is 3.90. The van der Waals surface area contributed by atoms with E-state index in [1.165, 1.54) is 17.7 Å². The van der Waals surface area contributed by atoms with Gasteiger partial charge >= 0.3 is 6.18 Å². The van der Waals surface area contributed by atoms with Gasteiger partial charge in [0.05, 0.1) is 11.7 Å². The Bertz CT molecular complexity index is 595. The van der Waals surface area contributed by atoms with Gasteiger partial charge in [-0.2, -0.15) is 13.2 Å². The number of rotatable bonds is 5. The Morgan fingerprint density at radius 3 is 2.67 bits per heavy atom. The second-order valence-electron chi connectivity index (χ2n) is 4.80. The van der Waals surface area contributed by atoms with Gasteiger partial charge in [0.1, 0.15) is 0 Å². The number of hydrogen-bond acceptors (Lipinski definition) is 3. The van der Waals surface area contributed by atoms with Gasteiger partial charge in [-0.05, 0) is 41.6 Å². The van der Waals surface area contributed by atoms with Crippen LogP contribution in [0.25, 0.3) is 0 Å². The number of benzene rings is 1. The number of aryl methyl sites for hydroxylation is 1. The lowest BCUT2D eigenvalue weighted by Gasteiger charge is -2.14. The third-order valence-corrected chi connectivity index (χ3v) is 4.21. The molecule has 2 rings (SSSR count). The number of halogens is 3. The summed E-state index contributed by atoms with van der Waals surface area (Å²) in [5.41, 5.74) is 0.689. The molecule has 0 spiro atoms. The van der Waals surface area contributed by atoms with Crippen molar-refractivity contribution in [2.75, 3.05) is 6.54 Å². The maximum absolute atomic E-state index is 12.6. The van der Waals surface area contributed by atoms with Gasteiger partial charge in [0.25, 0.3) is 0 Å². The third kappa shape index (κ3) is 4.30. The number of hydrogen-bond donors (Lipinski definition) is 2. The smallest absolute Gasteiger partial charge is 0.387 e. The van der Waals surface area contributed by atoms with Gasteiger partial charge in [-0.3, -0.25) is 0 Å². The van der Waals surface area contributed by atoms with Gasteiger partial charge in [-0.25, -0.2) is 0 Å². The Morgan fingerprint density at radius 1 is 1.29 bits per heavy atom. The molecule has 0 aliphatic rings. The van der Waals surface area contributed by atoms with Gasteiger partial charge in [0.15, 0.2) is 0 Å². The molecule has 0 saturated heterocycles. The molecule has 0 bridgehead atoms. The Labute approximate surface area is 125 Å². The molecule has 1 aromatic carbocycles. The number of aliphatic hydroxyl groups is 1.